The molecule has 0 unspecified atom stereocenters. The first-order valence-electron chi connectivity index (χ1n) is 5.47. The Bertz CT molecular complexity index is 333. The minimum Gasteiger partial charge on any atom is -0.304 e. The number of rotatable bonds is 4. The van der Waals surface area contributed by atoms with Crippen LogP contribution < -0.4 is 5.32 Å². The van der Waals surface area contributed by atoms with Gasteiger partial charge in [0, 0.05) is 0 Å². The first-order valence-corrected chi connectivity index (χ1v) is 5.47. The Labute approximate surface area is 94.5 Å². The summed E-state index contributed by atoms with van der Waals surface area (Å²) < 4.78 is 0. The fourth-order valence-corrected chi connectivity index (χ4v) is 1.67. The Hall–Kier alpha value is -1.39. The summed E-state index contributed by atoms with van der Waals surface area (Å²) in [6.45, 7) is 1.16. The van der Waals surface area contributed by atoms with E-state index in [2.05, 4.69) is 5.32 Å². The van der Waals surface area contributed by atoms with Crippen molar-refractivity contribution in [1.29, 1.82) is 0 Å². The van der Waals surface area contributed by atoms with Gasteiger partial charge in [0.05, 0.1) is 0 Å². The molecule has 86 valence electrons. The van der Waals surface area contributed by atoms with Crippen LogP contribution in [0.3, 0.4) is 0 Å². The molecule has 1 aromatic rings. The monoisotopic (exact) mass is 221 g/mol. The Kier molecular flexibility index (Phi) is 3.91. The van der Waals surface area contributed by atoms with E-state index in [1.165, 1.54) is 0 Å². The van der Waals surface area contributed by atoms with Gasteiger partial charge in [-0.05, 0) is 24.9 Å². The molecular formula is C12H15NO3. The lowest BCUT2D eigenvalue weighted by Gasteiger charge is -2.08. The third-order valence-electron chi connectivity index (χ3n) is 2.55. The molecule has 16 heavy (non-hydrogen) atoms. The van der Waals surface area contributed by atoms with Crippen LogP contribution in [-0.4, -0.2) is 18.6 Å². The maximum absolute atomic E-state index is 11.4. The van der Waals surface area contributed by atoms with Crippen LogP contribution >= 0.6 is 0 Å². The lowest BCUT2D eigenvalue weighted by atomic mass is 10.2. The number of hydrogen-bond donors (Lipinski definition) is 1. The summed E-state index contributed by atoms with van der Waals surface area (Å²) in [4.78, 5) is 21.1. The first-order chi connectivity index (χ1) is 7.86. The second-order valence-electron chi connectivity index (χ2n) is 3.80. The van der Waals surface area contributed by atoms with Crippen LogP contribution in [-0.2, 0) is 21.2 Å². The maximum atomic E-state index is 11.4. The van der Waals surface area contributed by atoms with Crippen LogP contribution in [0.2, 0.25) is 0 Å². The molecule has 0 bridgehead atoms. The van der Waals surface area contributed by atoms with Gasteiger partial charge < -0.3 is 5.32 Å². The van der Waals surface area contributed by atoms with Gasteiger partial charge in [0.25, 0.3) is 0 Å². The Morgan fingerprint density at radius 3 is 2.88 bits per heavy atom. The molecule has 0 saturated carbocycles. The van der Waals surface area contributed by atoms with E-state index in [1.54, 1.807) is 0 Å². The molecule has 1 N–H and O–H groups in total. The van der Waals surface area contributed by atoms with Gasteiger partial charge >= 0.3 is 5.97 Å². The highest BCUT2D eigenvalue weighted by Crippen LogP contribution is 2.07. The molecule has 1 aromatic carbocycles. The molecule has 1 fully saturated rings. The molecule has 2 rings (SSSR count). The molecule has 1 saturated heterocycles. The van der Waals surface area contributed by atoms with Gasteiger partial charge in [0.15, 0.2) is 0 Å². The summed E-state index contributed by atoms with van der Waals surface area (Å²) in [6, 6.07) is 9.40. The summed E-state index contributed by atoms with van der Waals surface area (Å²) >= 11 is 0. The fourth-order valence-electron chi connectivity index (χ4n) is 1.67. The smallest absolute Gasteiger partial charge is 0.304 e. The Morgan fingerprint density at radius 2 is 2.19 bits per heavy atom. The molecular weight excluding hydrogens is 206 g/mol. The van der Waals surface area contributed by atoms with Gasteiger partial charge in [-0.25, -0.2) is 4.79 Å². The van der Waals surface area contributed by atoms with Crippen molar-refractivity contribution in [3.63, 3.8) is 0 Å². The third kappa shape index (κ3) is 3.05. The largest absolute Gasteiger partial charge is 0.359 e. The van der Waals surface area contributed by atoms with Crippen LogP contribution in [0.25, 0.3) is 0 Å². The molecule has 0 aliphatic carbocycles. The average molecular weight is 221 g/mol. The van der Waals surface area contributed by atoms with Crippen LogP contribution in [0.15, 0.2) is 30.3 Å². The molecule has 0 radical (unpaired) electrons. The normalized spacial score (nSPS) is 19.6. The zero-order valence-corrected chi connectivity index (χ0v) is 9.02. The van der Waals surface area contributed by atoms with Crippen molar-refractivity contribution in [2.75, 3.05) is 6.54 Å². The molecule has 1 atom stereocenters. The van der Waals surface area contributed by atoms with Gasteiger partial charge in [-0.1, -0.05) is 30.3 Å². The highest BCUT2D eigenvalue weighted by molar-refractivity contribution is 5.75. The summed E-state index contributed by atoms with van der Waals surface area (Å²) in [5.74, 6) is -0.326. The van der Waals surface area contributed by atoms with E-state index in [0.29, 0.717) is 6.61 Å². The minimum absolute atomic E-state index is 0.198. The van der Waals surface area contributed by atoms with Crippen LogP contribution in [0.1, 0.15) is 18.4 Å². The quantitative estimate of drug-likeness (QED) is 0.617. The topological polar surface area (TPSA) is 47.6 Å². The summed E-state index contributed by atoms with van der Waals surface area (Å²) in [5, 5.41) is 3.05. The van der Waals surface area contributed by atoms with Crippen molar-refractivity contribution in [2.24, 2.45) is 0 Å². The second-order valence-corrected chi connectivity index (χ2v) is 3.80. The highest BCUT2D eigenvalue weighted by atomic mass is 17.2. The van der Waals surface area contributed by atoms with Crippen molar-refractivity contribution in [3.8, 4) is 0 Å². The van der Waals surface area contributed by atoms with Crippen molar-refractivity contribution in [3.05, 3.63) is 35.9 Å². The van der Waals surface area contributed by atoms with Gasteiger partial charge in [0.2, 0.25) is 0 Å². The molecule has 4 heteroatoms. The number of nitrogens with one attached hydrogen (secondary N) is 1. The predicted molar refractivity (Wildman–Crippen MR) is 58.3 cm³/mol. The summed E-state index contributed by atoms with van der Waals surface area (Å²) in [5.41, 5.74) is 0.981. The van der Waals surface area contributed by atoms with Gasteiger partial charge in [0.1, 0.15) is 12.6 Å². The summed E-state index contributed by atoms with van der Waals surface area (Å²) in [6.07, 6.45) is 1.84. The van der Waals surface area contributed by atoms with E-state index in [-0.39, 0.29) is 12.0 Å². The second kappa shape index (κ2) is 5.63. The minimum atomic E-state index is -0.326. The van der Waals surface area contributed by atoms with Crippen LogP contribution in [0, 0.1) is 0 Å². The lowest BCUT2D eigenvalue weighted by Crippen LogP contribution is -2.32. The maximum Gasteiger partial charge on any atom is 0.359 e. The molecule has 0 aromatic heterocycles. The molecule has 1 aliphatic rings. The van der Waals surface area contributed by atoms with Gasteiger partial charge in [-0.3, -0.25) is 4.89 Å². The van der Waals surface area contributed by atoms with E-state index in [1.807, 2.05) is 30.3 Å². The first kappa shape index (κ1) is 11.1. The van der Waals surface area contributed by atoms with Crippen molar-refractivity contribution >= 4 is 5.97 Å². The van der Waals surface area contributed by atoms with E-state index in [4.69, 9.17) is 9.78 Å². The highest BCUT2D eigenvalue weighted by Gasteiger charge is 2.24. The summed E-state index contributed by atoms with van der Waals surface area (Å²) in [7, 11) is 0. The lowest BCUT2D eigenvalue weighted by molar-refractivity contribution is -0.281. The van der Waals surface area contributed by atoms with Crippen molar-refractivity contribution < 1.29 is 14.6 Å². The predicted octanol–water partition coefficient (Wildman–Crippen LogP) is 1.41. The van der Waals surface area contributed by atoms with Crippen LogP contribution in [0.5, 0.6) is 0 Å². The number of carbonyl (C=O) groups excluding carboxylic acids is 1. The molecule has 4 nitrogen and oxygen atoms in total. The number of benzene rings is 1. The van der Waals surface area contributed by atoms with E-state index in [0.717, 1.165) is 24.9 Å². The zero-order chi connectivity index (χ0) is 11.2. The Balaban J connectivity index is 1.70. The van der Waals surface area contributed by atoms with Gasteiger partial charge in [-0.15, -0.1) is 0 Å². The molecule has 1 aliphatic heterocycles. The molecule has 0 spiro atoms. The average Bonchev–Trinajstić information content (AvgIpc) is 2.84. The van der Waals surface area contributed by atoms with E-state index in [9.17, 15) is 4.79 Å². The number of carbonyl (C=O) groups is 1. The SMILES string of the molecule is O=C(OOCc1ccccc1)[C@@H]1CCCN1. The third-order valence-corrected chi connectivity index (χ3v) is 2.55. The van der Waals surface area contributed by atoms with Crippen molar-refractivity contribution in [1.82, 2.24) is 5.32 Å². The van der Waals surface area contributed by atoms with Crippen molar-refractivity contribution in [2.45, 2.75) is 25.5 Å². The Morgan fingerprint density at radius 1 is 1.38 bits per heavy atom. The molecule has 1 heterocycles. The van der Waals surface area contributed by atoms with Gasteiger partial charge in [-0.2, -0.15) is 4.89 Å². The van der Waals surface area contributed by atoms with Crippen LogP contribution in [0.4, 0.5) is 0 Å². The fraction of sp³-hybridized carbons (Fsp3) is 0.417. The van der Waals surface area contributed by atoms with E-state index < -0.39 is 0 Å². The molecule has 0 amide bonds. The standard InChI is InChI=1S/C12H15NO3/c14-12(11-7-4-8-13-11)16-15-9-10-5-2-1-3-6-10/h1-3,5-6,11,13H,4,7-9H2/t11-/m0/s1. The zero-order valence-electron chi connectivity index (χ0n) is 9.02. The number of hydrogen-bond acceptors (Lipinski definition) is 4. The van der Waals surface area contributed by atoms with E-state index >= 15 is 0 Å².